The second-order valence-corrected chi connectivity index (χ2v) is 6.17. The molecular weight excluding hydrogens is 306 g/mol. The van der Waals surface area contributed by atoms with Crippen LogP contribution in [0.3, 0.4) is 0 Å². The SMILES string of the molecule is COc1cc(/C=C/C(=O)N[C@@H]2CCCC[C@H]2C)cc(OC)c1OC. The number of methoxy groups -OCH3 is 3. The van der Waals surface area contributed by atoms with Crippen LogP contribution in [0.1, 0.15) is 38.2 Å². The second-order valence-electron chi connectivity index (χ2n) is 6.17. The van der Waals surface area contributed by atoms with Crippen LogP contribution in [0.15, 0.2) is 18.2 Å². The standard InChI is InChI=1S/C19H27NO4/c1-13-7-5-6-8-15(13)20-18(21)10-9-14-11-16(22-2)19(24-4)17(12-14)23-3/h9-13,15H,5-8H2,1-4H3,(H,20,21)/b10-9+/t13-,15-/m1/s1. The summed E-state index contributed by atoms with van der Waals surface area (Å²) < 4.78 is 15.9. The molecule has 0 heterocycles. The number of hydrogen-bond donors (Lipinski definition) is 1. The van der Waals surface area contributed by atoms with Crippen molar-refractivity contribution in [1.82, 2.24) is 5.32 Å². The Hall–Kier alpha value is -2.17. The summed E-state index contributed by atoms with van der Waals surface area (Å²) in [5, 5.41) is 3.11. The van der Waals surface area contributed by atoms with Gasteiger partial charge in [-0.3, -0.25) is 4.79 Å². The van der Waals surface area contributed by atoms with Gasteiger partial charge in [0.15, 0.2) is 11.5 Å². The van der Waals surface area contributed by atoms with E-state index in [1.807, 2.05) is 12.1 Å². The van der Waals surface area contributed by atoms with E-state index in [4.69, 9.17) is 14.2 Å². The van der Waals surface area contributed by atoms with E-state index in [0.717, 1.165) is 12.0 Å². The van der Waals surface area contributed by atoms with Crippen LogP contribution in [0.5, 0.6) is 17.2 Å². The average molecular weight is 333 g/mol. The molecule has 5 nitrogen and oxygen atoms in total. The summed E-state index contributed by atoms with van der Waals surface area (Å²) in [5.41, 5.74) is 0.816. The lowest BCUT2D eigenvalue weighted by atomic mass is 9.86. The van der Waals surface area contributed by atoms with Crippen LogP contribution >= 0.6 is 0 Å². The Labute approximate surface area is 144 Å². The molecule has 1 aliphatic carbocycles. The minimum absolute atomic E-state index is 0.0671. The van der Waals surface area contributed by atoms with Gasteiger partial charge >= 0.3 is 0 Å². The van der Waals surface area contributed by atoms with Crippen molar-refractivity contribution in [2.75, 3.05) is 21.3 Å². The maximum Gasteiger partial charge on any atom is 0.244 e. The lowest BCUT2D eigenvalue weighted by Crippen LogP contribution is -2.40. The lowest BCUT2D eigenvalue weighted by Gasteiger charge is -2.29. The Kier molecular flexibility index (Phi) is 6.53. The maximum atomic E-state index is 12.2. The summed E-state index contributed by atoms with van der Waals surface area (Å²) in [7, 11) is 4.71. The monoisotopic (exact) mass is 333 g/mol. The van der Waals surface area contributed by atoms with Gasteiger partial charge in [0.1, 0.15) is 0 Å². The van der Waals surface area contributed by atoms with Crippen molar-refractivity contribution in [3.05, 3.63) is 23.8 Å². The summed E-state index contributed by atoms with van der Waals surface area (Å²) in [6.45, 7) is 2.20. The molecule has 0 unspecified atom stereocenters. The first-order chi connectivity index (χ1) is 11.6. The molecule has 0 bridgehead atoms. The molecule has 24 heavy (non-hydrogen) atoms. The van der Waals surface area contributed by atoms with E-state index in [1.54, 1.807) is 33.5 Å². The number of benzene rings is 1. The van der Waals surface area contributed by atoms with Gasteiger partial charge in [-0.1, -0.05) is 19.8 Å². The van der Waals surface area contributed by atoms with Crippen molar-refractivity contribution in [1.29, 1.82) is 0 Å². The fourth-order valence-corrected chi connectivity index (χ4v) is 3.13. The van der Waals surface area contributed by atoms with Gasteiger partial charge in [0, 0.05) is 12.1 Å². The van der Waals surface area contributed by atoms with E-state index >= 15 is 0 Å². The Morgan fingerprint density at radius 2 is 1.71 bits per heavy atom. The molecule has 1 amide bonds. The first-order valence-corrected chi connectivity index (χ1v) is 8.37. The maximum absolute atomic E-state index is 12.2. The molecule has 1 aromatic rings. The van der Waals surface area contributed by atoms with Crippen LogP contribution in [-0.4, -0.2) is 33.3 Å². The van der Waals surface area contributed by atoms with Gasteiger partial charge in [-0.05, 0) is 42.5 Å². The molecule has 0 aliphatic heterocycles. The molecule has 1 N–H and O–H groups in total. The van der Waals surface area contributed by atoms with Crippen LogP contribution in [-0.2, 0) is 4.79 Å². The Morgan fingerprint density at radius 1 is 1.08 bits per heavy atom. The number of carbonyl (C=O) groups excluding carboxylic acids is 1. The van der Waals surface area contributed by atoms with Crippen LogP contribution in [0.4, 0.5) is 0 Å². The third-order valence-electron chi connectivity index (χ3n) is 4.55. The van der Waals surface area contributed by atoms with E-state index in [2.05, 4.69) is 12.2 Å². The van der Waals surface area contributed by atoms with Crippen LogP contribution < -0.4 is 19.5 Å². The smallest absolute Gasteiger partial charge is 0.244 e. The largest absolute Gasteiger partial charge is 0.493 e. The molecule has 2 atom stereocenters. The Morgan fingerprint density at radius 3 is 2.25 bits per heavy atom. The number of amides is 1. The quantitative estimate of drug-likeness (QED) is 0.811. The molecule has 5 heteroatoms. The van der Waals surface area contributed by atoms with Gasteiger partial charge in [0.25, 0.3) is 0 Å². The van der Waals surface area contributed by atoms with Crippen molar-refractivity contribution in [3.8, 4) is 17.2 Å². The van der Waals surface area contributed by atoms with Crippen molar-refractivity contribution in [2.24, 2.45) is 5.92 Å². The number of ether oxygens (including phenoxy) is 3. The molecule has 0 saturated heterocycles. The first kappa shape index (κ1) is 18.2. The van der Waals surface area contributed by atoms with Crippen LogP contribution in [0.2, 0.25) is 0 Å². The van der Waals surface area contributed by atoms with E-state index in [9.17, 15) is 4.79 Å². The van der Waals surface area contributed by atoms with Gasteiger partial charge in [0.05, 0.1) is 21.3 Å². The van der Waals surface area contributed by atoms with Gasteiger partial charge in [-0.25, -0.2) is 0 Å². The zero-order valence-corrected chi connectivity index (χ0v) is 14.9. The third-order valence-corrected chi connectivity index (χ3v) is 4.55. The highest BCUT2D eigenvalue weighted by atomic mass is 16.5. The summed E-state index contributed by atoms with van der Waals surface area (Å²) in [6, 6.07) is 3.90. The van der Waals surface area contributed by atoms with Gasteiger partial charge in [-0.15, -0.1) is 0 Å². The number of rotatable bonds is 6. The second kappa shape index (κ2) is 8.62. The molecule has 0 aromatic heterocycles. The molecule has 1 fully saturated rings. The summed E-state index contributed by atoms with van der Waals surface area (Å²) in [4.78, 5) is 12.2. The number of hydrogen-bond acceptors (Lipinski definition) is 4. The zero-order chi connectivity index (χ0) is 17.5. The average Bonchev–Trinajstić information content (AvgIpc) is 2.60. The van der Waals surface area contributed by atoms with Gasteiger partial charge in [-0.2, -0.15) is 0 Å². The van der Waals surface area contributed by atoms with Crippen molar-refractivity contribution >= 4 is 12.0 Å². The summed E-state index contributed by atoms with van der Waals surface area (Å²) in [5.74, 6) is 2.15. The highest BCUT2D eigenvalue weighted by molar-refractivity contribution is 5.92. The third kappa shape index (κ3) is 4.43. The van der Waals surface area contributed by atoms with E-state index in [0.29, 0.717) is 23.2 Å². The molecule has 1 aliphatic rings. The van der Waals surface area contributed by atoms with Crippen molar-refractivity contribution < 1.29 is 19.0 Å². The van der Waals surface area contributed by atoms with Crippen molar-refractivity contribution in [3.63, 3.8) is 0 Å². The fourth-order valence-electron chi connectivity index (χ4n) is 3.13. The Bertz CT molecular complexity index is 572. The van der Waals surface area contributed by atoms with Gasteiger partial charge < -0.3 is 19.5 Å². The predicted molar refractivity (Wildman–Crippen MR) is 94.7 cm³/mol. The van der Waals surface area contributed by atoms with Gasteiger partial charge in [0.2, 0.25) is 11.7 Å². The molecule has 1 saturated carbocycles. The summed E-state index contributed by atoms with van der Waals surface area (Å²) >= 11 is 0. The molecule has 0 radical (unpaired) electrons. The van der Waals surface area contributed by atoms with E-state index in [1.165, 1.54) is 19.3 Å². The highest BCUT2D eigenvalue weighted by Crippen LogP contribution is 2.38. The Balaban J connectivity index is 2.09. The van der Waals surface area contributed by atoms with E-state index < -0.39 is 0 Å². The van der Waals surface area contributed by atoms with Crippen LogP contribution in [0.25, 0.3) is 6.08 Å². The normalized spacial score (nSPS) is 20.7. The van der Waals surface area contributed by atoms with Crippen LogP contribution in [0, 0.1) is 5.92 Å². The summed E-state index contributed by atoms with van der Waals surface area (Å²) in [6.07, 6.45) is 8.00. The zero-order valence-electron chi connectivity index (χ0n) is 14.9. The van der Waals surface area contributed by atoms with Crippen molar-refractivity contribution in [2.45, 2.75) is 38.6 Å². The molecular formula is C19H27NO4. The topological polar surface area (TPSA) is 56.8 Å². The molecule has 132 valence electrons. The first-order valence-electron chi connectivity index (χ1n) is 8.37. The molecule has 0 spiro atoms. The predicted octanol–water partition coefficient (Wildman–Crippen LogP) is 3.42. The fraction of sp³-hybridized carbons (Fsp3) is 0.526. The lowest BCUT2D eigenvalue weighted by molar-refractivity contribution is -0.117. The number of carbonyl (C=O) groups is 1. The minimum Gasteiger partial charge on any atom is -0.493 e. The molecule has 2 rings (SSSR count). The van der Waals surface area contributed by atoms with E-state index in [-0.39, 0.29) is 11.9 Å². The highest BCUT2D eigenvalue weighted by Gasteiger charge is 2.22. The molecule has 1 aromatic carbocycles. The number of nitrogens with one attached hydrogen (secondary N) is 1. The minimum atomic E-state index is -0.0671.